The van der Waals surface area contributed by atoms with Gasteiger partial charge in [0.05, 0.1) is 11.4 Å². The Labute approximate surface area is 204 Å². The van der Waals surface area contributed by atoms with Gasteiger partial charge in [-0.2, -0.15) is 0 Å². The Bertz CT molecular complexity index is 1020. The number of carbonyl (C=O) groups excluding carboxylic acids is 1. The van der Waals surface area contributed by atoms with Crippen molar-refractivity contribution in [2.24, 2.45) is 5.92 Å². The molecule has 1 saturated heterocycles. The van der Waals surface area contributed by atoms with Crippen LogP contribution >= 0.6 is 11.3 Å². The van der Waals surface area contributed by atoms with E-state index < -0.39 is 12.0 Å². The molecule has 2 heterocycles. The summed E-state index contributed by atoms with van der Waals surface area (Å²) in [6.07, 6.45) is 3.80. The van der Waals surface area contributed by atoms with Crippen molar-refractivity contribution in [1.82, 2.24) is 4.90 Å². The summed E-state index contributed by atoms with van der Waals surface area (Å²) >= 11 is 1.55. The van der Waals surface area contributed by atoms with Crippen molar-refractivity contribution in [1.29, 1.82) is 0 Å². The van der Waals surface area contributed by atoms with Gasteiger partial charge >= 0.3 is 5.97 Å². The maximum absolute atomic E-state index is 12.8. The highest BCUT2D eigenvalue weighted by Gasteiger charge is 2.20. The van der Waals surface area contributed by atoms with Crippen LogP contribution in [-0.4, -0.2) is 41.4 Å². The number of aliphatic carboxylic acids is 1. The van der Waals surface area contributed by atoms with Crippen molar-refractivity contribution in [3.05, 3.63) is 88.4 Å². The van der Waals surface area contributed by atoms with Gasteiger partial charge < -0.3 is 10.4 Å². The molecule has 1 atom stereocenters. The number of hydrogen-bond donors (Lipinski definition) is 2. The highest BCUT2D eigenvalue weighted by atomic mass is 32.1. The van der Waals surface area contributed by atoms with Crippen LogP contribution in [0, 0.1) is 11.7 Å². The molecule has 5 nitrogen and oxygen atoms in total. The number of ketones is 1. The minimum atomic E-state index is -0.981. The summed E-state index contributed by atoms with van der Waals surface area (Å²) in [5, 5.41) is 14.0. The fraction of sp³-hybridized carbons (Fsp3) is 0.333. The third-order valence-corrected chi connectivity index (χ3v) is 6.89. The van der Waals surface area contributed by atoms with Gasteiger partial charge in [-0.3, -0.25) is 9.69 Å². The van der Waals surface area contributed by atoms with Crippen molar-refractivity contribution >= 4 is 28.8 Å². The maximum Gasteiger partial charge on any atom is 0.330 e. The number of carboxylic acid groups (broad SMARTS) is 1. The second-order valence-electron chi connectivity index (χ2n) is 8.36. The molecule has 0 radical (unpaired) electrons. The molecule has 2 N–H and O–H groups in total. The first-order valence-corrected chi connectivity index (χ1v) is 12.4. The average Bonchev–Trinajstić information content (AvgIpc) is 3.40. The lowest BCUT2D eigenvalue weighted by Gasteiger charge is -2.30. The molecular formula is C27H31FN2O3S. The first kappa shape index (κ1) is 25.6. The molecule has 34 heavy (non-hydrogen) atoms. The zero-order valence-electron chi connectivity index (χ0n) is 19.3. The van der Waals surface area contributed by atoms with E-state index in [9.17, 15) is 19.1 Å². The predicted octanol–water partition coefficient (Wildman–Crippen LogP) is 6.12. The van der Waals surface area contributed by atoms with Crippen LogP contribution in [0.2, 0.25) is 0 Å². The second kappa shape index (κ2) is 13.0. The number of carboxylic acids is 1. The van der Waals surface area contributed by atoms with Crippen LogP contribution in [0.5, 0.6) is 0 Å². The van der Waals surface area contributed by atoms with E-state index in [2.05, 4.69) is 17.1 Å². The van der Waals surface area contributed by atoms with E-state index in [0.29, 0.717) is 17.8 Å². The summed E-state index contributed by atoms with van der Waals surface area (Å²) < 4.78 is 12.8. The number of carbonyl (C=O) groups is 2. The van der Waals surface area contributed by atoms with Crippen LogP contribution < -0.4 is 5.32 Å². The number of rotatable bonds is 8. The van der Waals surface area contributed by atoms with E-state index in [1.165, 1.54) is 43.5 Å². The quantitative estimate of drug-likeness (QED) is 0.379. The Morgan fingerprint density at radius 1 is 1.06 bits per heavy atom. The maximum atomic E-state index is 12.8. The number of nitrogens with zero attached hydrogens (tertiary/aromatic N) is 1. The number of hydrogen-bond acceptors (Lipinski definition) is 5. The van der Waals surface area contributed by atoms with Crippen LogP contribution in [0.15, 0.2) is 72.1 Å². The first-order chi connectivity index (χ1) is 16.5. The highest BCUT2D eigenvalue weighted by molar-refractivity contribution is 7.12. The highest BCUT2D eigenvalue weighted by Crippen LogP contribution is 2.21. The van der Waals surface area contributed by atoms with Gasteiger partial charge in [0, 0.05) is 5.69 Å². The molecule has 7 heteroatoms. The molecule has 1 aliphatic rings. The number of Topliss-reactive ketones (excluding diaryl/α,β-unsaturated/α-hetero) is 1. The number of halogens is 1. The van der Waals surface area contributed by atoms with Crippen LogP contribution in [0.25, 0.3) is 0 Å². The summed E-state index contributed by atoms with van der Waals surface area (Å²) in [5.41, 5.74) is 1.21. The standard InChI is InChI=1S/C14H12FNO2.C13H19NOS/c15-11-6-8-12(9-7-11)16-13(14(17)18)10-4-2-1-3-5-10;1-2-11-5-7-14(8-6-11)10-12(15)13-4-3-9-16-13/h1-9,13,16H,(H,17,18);3-4,9,11H,2,5-8,10H2,1H3. The molecule has 0 saturated carbocycles. The van der Waals surface area contributed by atoms with E-state index >= 15 is 0 Å². The fourth-order valence-electron chi connectivity index (χ4n) is 3.92. The Kier molecular flexibility index (Phi) is 9.79. The molecule has 0 aliphatic carbocycles. The molecular weight excluding hydrogens is 451 g/mol. The summed E-state index contributed by atoms with van der Waals surface area (Å²) in [6.45, 7) is 5.05. The molecule has 1 unspecified atom stereocenters. The van der Waals surface area contributed by atoms with Gasteiger partial charge in [-0.05, 0) is 73.1 Å². The zero-order valence-corrected chi connectivity index (χ0v) is 20.1. The number of thiophene rings is 1. The summed E-state index contributed by atoms with van der Waals surface area (Å²) in [6, 6.07) is 17.4. The van der Waals surface area contributed by atoms with E-state index in [4.69, 9.17) is 0 Å². The summed E-state index contributed by atoms with van der Waals surface area (Å²) in [4.78, 5) is 26.3. The first-order valence-electron chi connectivity index (χ1n) is 11.5. The van der Waals surface area contributed by atoms with E-state index in [0.717, 1.165) is 23.9 Å². The van der Waals surface area contributed by atoms with Crippen molar-refractivity contribution in [2.45, 2.75) is 32.2 Å². The van der Waals surface area contributed by atoms with Gasteiger partial charge in [0.1, 0.15) is 5.82 Å². The lowest BCUT2D eigenvalue weighted by atomic mass is 9.94. The fourth-order valence-corrected chi connectivity index (χ4v) is 4.57. The zero-order chi connectivity index (χ0) is 24.3. The van der Waals surface area contributed by atoms with Gasteiger partial charge in [-0.1, -0.05) is 49.7 Å². The molecule has 0 amide bonds. The van der Waals surface area contributed by atoms with Gasteiger partial charge in [-0.15, -0.1) is 11.3 Å². The topological polar surface area (TPSA) is 69.6 Å². The Hall–Kier alpha value is -3.03. The van der Waals surface area contributed by atoms with Crippen LogP contribution in [0.1, 0.15) is 47.5 Å². The minimum Gasteiger partial charge on any atom is -0.479 e. The molecule has 180 valence electrons. The van der Waals surface area contributed by atoms with Crippen LogP contribution in [0.3, 0.4) is 0 Å². The number of nitrogens with one attached hydrogen (secondary N) is 1. The third-order valence-electron chi connectivity index (χ3n) is 5.98. The number of piperidine rings is 1. The molecule has 4 rings (SSSR count). The molecule has 3 aromatic rings. The molecule has 2 aromatic carbocycles. The van der Waals surface area contributed by atoms with E-state index in [-0.39, 0.29) is 11.6 Å². The summed E-state index contributed by atoms with van der Waals surface area (Å²) in [5.74, 6) is -0.171. The molecule has 0 bridgehead atoms. The van der Waals surface area contributed by atoms with Crippen molar-refractivity contribution in [3.8, 4) is 0 Å². The Morgan fingerprint density at radius 2 is 1.74 bits per heavy atom. The van der Waals surface area contributed by atoms with Gasteiger partial charge in [0.25, 0.3) is 0 Å². The molecule has 1 fully saturated rings. The number of benzene rings is 2. The van der Waals surface area contributed by atoms with Crippen LogP contribution in [-0.2, 0) is 4.79 Å². The SMILES string of the molecule is CCC1CCN(CC(=O)c2cccs2)CC1.O=C(O)C(Nc1ccc(F)cc1)c1ccccc1. The van der Waals surface area contributed by atoms with Gasteiger partial charge in [-0.25, -0.2) is 9.18 Å². The summed E-state index contributed by atoms with van der Waals surface area (Å²) in [7, 11) is 0. The van der Waals surface area contributed by atoms with Crippen LogP contribution in [0.4, 0.5) is 10.1 Å². The Morgan fingerprint density at radius 3 is 2.29 bits per heavy atom. The van der Waals surface area contributed by atoms with Crippen molar-refractivity contribution < 1.29 is 19.1 Å². The average molecular weight is 483 g/mol. The predicted molar refractivity (Wildman–Crippen MR) is 135 cm³/mol. The van der Waals surface area contributed by atoms with Gasteiger partial charge in [0.2, 0.25) is 0 Å². The lowest BCUT2D eigenvalue weighted by molar-refractivity contribution is -0.138. The Balaban J connectivity index is 0.000000192. The van der Waals surface area contributed by atoms with E-state index in [1.54, 1.807) is 35.6 Å². The number of likely N-dealkylation sites (tertiary alicyclic amines) is 1. The smallest absolute Gasteiger partial charge is 0.330 e. The normalized spacial score (nSPS) is 15.1. The second-order valence-corrected chi connectivity index (χ2v) is 9.31. The minimum absolute atomic E-state index is 0.282. The third kappa shape index (κ3) is 7.78. The molecule has 1 aliphatic heterocycles. The molecule has 1 aromatic heterocycles. The largest absolute Gasteiger partial charge is 0.479 e. The van der Waals surface area contributed by atoms with Crippen molar-refractivity contribution in [3.63, 3.8) is 0 Å². The number of anilines is 1. The lowest BCUT2D eigenvalue weighted by Crippen LogP contribution is -2.37. The van der Waals surface area contributed by atoms with Gasteiger partial charge in [0.15, 0.2) is 11.8 Å². The van der Waals surface area contributed by atoms with Crippen molar-refractivity contribution in [2.75, 3.05) is 25.0 Å². The molecule has 0 spiro atoms. The van der Waals surface area contributed by atoms with E-state index in [1.807, 2.05) is 23.6 Å². The monoisotopic (exact) mass is 482 g/mol.